The molecule has 0 saturated heterocycles. The van der Waals surface area contributed by atoms with E-state index >= 15 is 0 Å². The lowest BCUT2D eigenvalue weighted by molar-refractivity contribution is -0.140. The van der Waals surface area contributed by atoms with Crippen LogP contribution in [0.15, 0.2) is 18.2 Å². The first-order chi connectivity index (χ1) is 9.06. The number of esters is 1. The third-order valence-corrected chi connectivity index (χ3v) is 2.77. The minimum absolute atomic E-state index is 0.238. The molecule has 0 unspecified atom stereocenters. The zero-order valence-corrected chi connectivity index (χ0v) is 11.1. The highest BCUT2D eigenvalue weighted by Gasteiger charge is 2.08. The van der Waals surface area contributed by atoms with E-state index in [0.717, 1.165) is 0 Å². The van der Waals surface area contributed by atoms with Crippen LogP contribution in [0.4, 0.5) is 4.39 Å². The molecule has 0 radical (unpaired) electrons. The van der Waals surface area contributed by atoms with Gasteiger partial charge in [-0.3, -0.25) is 4.79 Å². The van der Waals surface area contributed by atoms with E-state index in [1.807, 2.05) is 18.0 Å². The van der Waals surface area contributed by atoms with Gasteiger partial charge < -0.3 is 9.64 Å². The summed E-state index contributed by atoms with van der Waals surface area (Å²) in [4.78, 5) is 12.9. The van der Waals surface area contributed by atoms with Crippen molar-refractivity contribution in [2.45, 2.75) is 19.4 Å². The standard InChI is InChI=1S/C14H17FN2O2/c1-17(7-3-4-14(18)19-2)10-12-6-5-11(9-16)8-13(12)15/h5-6,8H,3-4,7,10H2,1-2H3. The fraction of sp³-hybridized carbons (Fsp3) is 0.429. The number of nitrogens with zero attached hydrogens (tertiary/aromatic N) is 2. The predicted octanol–water partition coefficient (Wildman–Crippen LogP) is 2.08. The van der Waals surface area contributed by atoms with Crippen LogP contribution in [0.25, 0.3) is 0 Å². The molecule has 4 nitrogen and oxygen atoms in total. The third-order valence-electron chi connectivity index (χ3n) is 2.77. The third kappa shape index (κ3) is 5.06. The van der Waals surface area contributed by atoms with Gasteiger partial charge in [0.2, 0.25) is 0 Å². The number of methoxy groups -OCH3 is 1. The Hall–Kier alpha value is -1.93. The Labute approximate surface area is 112 Å². The second-order valence-corrected chi connectivity index (χ2v) is 4.34. The quantitative estimate of drug-likeness (QED) is 0.738. The van der Waals surface area contributed by atoms with E-state index in [1.54, 1.807) is 12.1 Å². The van der Waals surface area contributed by atoms with E-state index < -0.39 is 0 Å². The molecule has 0 amide bonds. The number of nitriles is 1. The minimum atomic E-state index is -0.376. The summed E-state index contributed by atoms with van der Waals surface area (Å²) in [5.74, 6) is -0.614. The maximum absolute atomic E-state index is 13.7. The average Bonchev–Trinajstić information content (AvgIpc) is 2.40. The van der Waals surface area contributed by atoms with Crippen molar-refractivity contribution in [1.82, 2.24) is 4.90 Å². The lowest BCUT2D eigenvalue weighted by Gasteiger charge is -2.16. The molecule has 5 heteroatoms. The molecule has 1 aromatic rings. The number of carbonyl (C=O) groups is 1. The van der Waals surface area contributed by atoms with Gasteiger partial charge in [-0.2, -0.15) is 5.26 Å². The first-order valence-electron chi connectivity index (χ1n) is 6.00. The first-order valence-corrected chi connectivity index (χ1v) is 6.00. The van der Waals surface area contributed by atoms with Gasteiger partial charge in [0.05, 0.1) is 18.7 Å². The van der Waals surface area contributed by atoms with Crippen LogP contribution >= 0.6 is 0 Å². The maximum Gasteiger partial charge on any atom is 0.305 e. The van der Waals surface area contributed by atoms with Crippen molar-refractivity contribution in [3.63, 3.8) is 0 Å². The molecule has 0 fully saturated rings. The first kappa shape index (κ1) is 15.1. The van der Waals surface area contributed by atoms with E-state index in [1.165, 1.54) is 13.2 Å². The Balaban J connectivity index is 2.46. The molecule has 1 rings (SSSR count). The van der Waals surface area contributed by atoms with Gasteiger partial charge in [-0.05, 0) is 32.1 Å². The second kappa shape index (κ2) is 7.49. The molecule has 0 atom stereocenters. The van der Waals surface area contributed by atoms with E-state index in [4.69, 9.17) is 5.26 Å². The highest BCUT2D eigenvalue weighted by molar-refractivity contribution is 5.69. The van der Waals surface area contributed by atoms with Crippen molar-refractivity contribution >= 4 is 5.97 Å². The van der Waals surface area contributed by atoms with Crippen LogP contribution in [-0.2, 0) is 16.1 Å². The van der Waals surface area contributed by atoms with Crippen LogP contribution in [0.2, 0.25) is 0 Å². The Bertz CT molecular complexity index is 483. The number of halogens is 1. The summed E-state index contributed by atoms with van der Waals surface area (Å²) >= 11 is 0. The molecule has 0 saturated carbocycles. The predicted molar refractivity (Wildman–Crippen MR) is 68.7 cm³/mol. The second-order valence-electron chi connectivity index (χ2n) is 4.34. The van der Waals surface area contributed by atoms with E-state index in [9.17, 15) is 9.18 Å². The number of carbonyl (C=O) groups excluding carboxylic acids is 1. The van der Waals surface area contributed by atoms with E-state index in [0.29, 0.717) is 37.1 Å². The molecular weight excluding hydrogens is 247 g/mol. The van der Waals surface area contributed by atoms with Gasteiger partial charge in [-0.25, -0.2) is 4.39 Å². The van der Waals surface area contributed by atoms with Gasteiger partial charge in [-0.15, -0.1) is 0 Å². The number of rotatable bonds is 6. The molecule has 0 N–H and O–H groups in total. The zero-order valence-electron chi connectivity index (χ0n) is 11.1. The highest BCUT2D eigenvalue weighted by atomic mass is 19.1. The van der Waals surface area contributed by atoms with Crippen molar-refractivity contribution < 1.29 is 13.9 Å². The molecule has 0 aromatic heterocycles. The highest BCUT2D eigenvalue weighted by Crippen LogP contribution is 2.12. The fourth-order valence-corrected chi connectivity index (χ4v) is 1.71. The number of hydrogen-bond acceptors (Lipinski definition) is 4. The van der Waals surface area contributed by atoms with Crippen LogP contribution in [-0.4, -0.2) is 31.6 Å². The summed E-state index contributed by atoms with van der Waals surface area (Å²) in [6, 6.07) is 6.34. The largest absolute Gasteiger partial charge is 0.469 e. The molecule has 19 heavy (non-hydrogen) atoms. The van der Waals surface area contributed by atoms with Gasteiger partial charge in [0.1, 0.15) is 5.82 Å². The summed E-state index contributed by atoms with van der Waals surface area (Å²) in [5.41, 5.74) is 0.856. The van der Waals surface area contributed by atoms with Crippen molar-refractivity contribution in [1.29, 1.82) is 5.26 Å². The molecule has 0 spiro atoms. The average molecular weight is 264 g/mol. The van der Waals surface area contributed by atoms with Crippen LogP contribution in [0, 0.1) is 17.1 Å². The summed E-state index contributed by atoms with van der Waals surface area (Å²) in [6.07, 6.45) is 1.03. The van der Waals surface area contributed by atoms with Crippen LogP contribution in [0.1, 0.15) is 24.0 Å². The summed E-state index contributed by atoms with van der Waals surface area (Å²) in [5, 5.41) is 8.66. The van der Waals surface area contributed by atoms with Gasteiger partial charge in [0.25, 0.3) is 0 Å². The summed E-state index contributed by atoms with van der Waals surface area (Å²) in [6.45, 7) is 1.12. The van der Waals surface area contributed by atoms with Crippen LogP contribution in [0.5, 0.6) is 0 Å². The Morgan fingerprint density at radius 3 is 2.84 bits per heavy atom. The lowest BCUT2D eigenvalue weighted by Crippen LogP contribution is -2.20. The summed E-state index contributed by atoms with van der Waals surface area (Å²) < 4.78 is 18.2. The number of benzene rings is 1. The summed E-state index contributed by atoms with van der Waals surface area (Å²) in [7, 11) is 3.22. The van der Waals surface area contributed by atoms with E-state index in [2.05, 4.69) is 4.74 Å². The van der Waals surface area contributed by atoms with Crippen molar-refractivity contribution in [3.05, 3.63) is 35.1 Å². The smallest absolute Gasteiger partial charge is 0.305 e. The number of ether oxygens (including phenoxy) is 1. The molecule has 0 aliphatic rings. The van der Waals surface area contributed by atoms with E-state index in [-0.39, 0.29) is 11.8 Å². The molecule has 0 aliphatic heterocycles. The maximum atomic E-state index is 13.7. The monoisotopic (exact) mass is 264 g/mol. The Morgan fingerprint density at radius 1 is 1.53 bits per heavy atom. The molecular formula is C14H17FN2O2. The SMILES string of the molecule is COC(=O)CCCN(C)Cc1ccc(C#N)cc1F. The Kier molecular flexibility index (Phi) is 5.97. The van der Waals surface area contributed by atoms with Gasteiger partial charge >= 0.3 is 5.97 Å². The molecule has 102 valence electrons. The lowest BCUT2D eigenvalue weighted by atomic mass is 10.1. The molecule has 1 aromatic carbocycles. The van der Waals surface area contributed by atoms with Gasteiger partial charge in [0, 0.05) is 18.5 Å². The van der Waals surface area contributed by atoms with Crippen molar-refractivity contribution in [2.24, 2.45) is 0 Å². The fourth-order valence-electron chi connectivity index (χ4n) is 1.71. The topological polar surface area (TPSA) is 53.3 Å². The molecule has 0 heterocycles. The number of hydrogen-bond donors (Lipinski definition) is 0. The van der Waals surface area contributed by atoms with Gasteiger partial charge in [0.15, 0.2) is 0 Å². The van der Waals surface area contributed by atoms with Crippen molar-refractivity contribution in [3.8, 4) is 6.07 Å². The van der Waals surface area contributed by atoms with Crippen molar-refractivity contribution in [2.75, 3.05) is 20.7 Å². The normalized spacial score (nSPS) is 10.3. The molecule has 0 aliphatic carbocycles. The Morgan fingerprint density at radius 2 is 2.26 bits per heavy atom. The van der Waals surface area contributed by atoms with Crippen LogP contribution in [0.3, 0.4) is 0 Å². The zero-order chi connectivity index (χ0) is 14.3. The molecule has 0 bridgehead atoms. The van der Waals surface area contributed by atoms with Gasteiger partial charge in [-0.1, -0.05) is 6.07 Å². The van der Waals surface area contributed by atoms with Crippen LogP contribution < -0.4 is 0 Å². The minimum Gasteiger partial charge on any atom is -0.469 e.